The van der Waals surface area contributed by atoms with Crippen molar-refractivity contribution < 1.29 is 0 Å². The van der Waals surface area contributed by atoms with Crippen LogP contribution in [0.4, 0.5) is 5.69 Å². The van der Waals surface area contributed by atoms with Crippen molar-refractivity contribution in [3.63, 3.8) is 0 Å². The van der Waals surface area contributed by atoms with Crippen LogP contribution in [0.1, 0.15) is 19.8 Å². The molecule has 28 heavy (non-hydrogen) atoms. The van der Waals surface area contributed by atoms with Crippen LogP contribution in [-0.4, -0.2) is 51.3 Å². The van der Waals surface area contributed by atoms with Crippen molar-refractivity contribution in [3.05, 3.63) is 64.2 Å². The molecule has 3 aromatic rings. The van der Waals surface area contributed by atoms with Crippen molar-refractivity contribution in [1.29, 1.82) is 0 Å². The van der Waals surface area contributed by atoms with Crippen LogP contribution >= 0.6 is 11.6 Å². The van der Waals surface area contributed by atoms with Crippen molar-refractivity contribution in [2.75, 3.05) is 31.1 Å². The van der Waals surface area contributed by atoms with Crippen LogP contribution in [0, 0.1) is 0 Å². The number of halogens is 1. The topological polar surface area (TPSA) is 45.8 Å². The molecule has 1 aromatic carbocycles. The summed E-state index contributed by atoms with van der Waals surface area (Å²) in [7, 11) is 0. The summed E-state index contributed by atoms with van der Waals surface area (Å²) >= 11 is 6.13. The number of pyridine rings is 1. The minimum atomic E-state index is -0.0590. The number of benzene rings is 1. The molecule has 0 aliphatic carbocycles. The van der Waals surface area contributed by atoms with Crippen LogP contribution < -0.4 is 10.6 Å². The highest BCUT2D eigenvalue weighted by molar-refractivity contribution is 6.30. The Bertz CT molecular complexity index is 990. The van der Waals surface area contributed by atoms with Gasteiger partial charge in [-0.3, -0.25) is 9.30 Å². The van der Waals surface area contributed by atoms with Crippen LogP contribution in [-0.2, 0) is 6.54 Å². The van der Waals surface area contributed by atoms with Gasteiger partial charge in [-0.15, -0.1) is 5.10 Å². The van der Waals surface area contributed by atoms with Gasteiger partial charge < -0.3 is 4.90 Å². The highest BCUT2D eigenvalue weighted by Crippen LogP contribution is 2.22. The number of aryl methyl sites for hydroxylation is 1. The van der Waals surface area contributed by atoms with Crippen molar-refractivity contribution >= 4 is 22.9 Å². The first-order chi connectivity index (χ1) is 13.7. The number of anilines is 1. The lowest BCUT2D eigenvalue weighted by Gasteiger charge is -2.40. The summed E-state index contributed by atoms with van der Waals surface area (Å²) in [4.78, 5) is 17.4. The van der Waals surface area contributed by atoms with Crippen LogP contribution in [0.15, 0.2) is 53.5 Å². The van der Waals surface area contributed by atoms with Crippen LogP contribution in [0.25, 0.3) is 5.65 Å². The maximum absolute atomic E-state index is 12.5. The molecule has 0 spiro atoms. The van der Waals surface area contributed by atoms with Gasteiger partial charge in [0.15, 0.2) is 5.65 Å². The SMILES string of the molecule is CCC(CCn1nc2ccccn2c1=O)N1CCN(c2cccc(Cl)c2)CC1. The molecular formula is C21H26ClN5O. The molecule has 4 rings (SSSR count). The summed E-state index contributed by atoms with van der Waals surface area (Å²) in [5, 5.41) is 5.23. The van der Waals surface area contributed by atoms with Gasteiger partial charge in [0.25, 0.3) is 0 Å². The minimum Gasteiger partial charge on any atom is -0.369 e. The van der Waals surface area contributed by atoms with Gasteiger partial charge in [-0.2, -0.15) is 0 Å². The predicted octanol–water partition coefficient (Wildman–Crippen LogP) is 3.14. The van der Waals surface area contributed by atoms with E-state index in [1.54, 1.807) is 15.3 Å². The van der Waals surface area contributed by atoms with Crippen molar-refractivity contribution in [2.24, 2.45) is 0 Å². The fourth-order valence-electron chi connectivity index (χ4n) is 4.05. The third-order valence-corrected chi connectivity index (χ3v) is 5.87. The first-order valence-electron chi connectivity index (χ1n) is 9.94. The van der Waals surface area contributed by atoms with Crippen molar-refractivity contribution in [2.45, 2.75) is 32.4 Å². The molecule has 0 radical (unpaired) electrons. The van der Waals surface area contributed by atoms with E-state index in [9.17, 15) is 4.79 Å². The molecule has 0 saturated carbocycles. The molecule has 0 N–H and O–H groups in total. The Morgan fingerprint density at radius 2 is 1.93 bits per heavy atom. The number of aromatic nitrogens is 3. The molecule has 1 aliphatic heterocycles. The van der Waals surface area contributed by atoms with E-state index in [1.807, 2.05) is 36.4 Å². The van der Waals surface area contributed by atoms with Gasteiger partial charge in [-0.05, 0) is 43.2 Å². The zero-order valence-electron chi connectivity index (χ0n) is 16.2. The van der Waals surface area contributed by atoms with Crippen LogP contribution in [0.3, 0.4) is 0 Å². The molecular weight excluding hydrogens is 374 g/mol. The molecule has 1 saturated heterocycles. The van der Waals surface area contributed by atoms with E-state index in [0.29, 0.717) is 18.2 Å². The van der Waals surface area contributed by atoms with E-state index in [4.69, 9.17) is 11.6 Å². The van der Waals surface area contributed by atoms with Gasteiger partial charge >= 0.3 is 5.69 Å². The van der Waals surface area contributed by atoms with Crippen molar-refractivity contribution in [3.8, 4) is 0 Å². The highest BCUT2D eigenvalue weighted by atomic mass is 35.5. The van der Waals surface area contributed by atoms with E-state index in [0.717, 1.165) is 44.0 Å². The fraction of sp³-hybridized carbons (Fsp3) is 0.429. The van der Waals surface area contributed by atoms with Crippen LogP contribution in [0.2, 0.25) is 5.02 Å². The van der Waals surface area contributed by atoms with E-state index >= 15 is 0 Å². The van der Waals surface area contributed by atoms with Crippen molar-refractivity contribution in [1.82, 2.24) is 19.1 Å². The molecule has 7 heteroatoms. The molecule has 2 aromatic heterocycles. The van der Waals surface area contributed by atoms with Gasteiger partial charge in [-0.25, -0.2) is 9.48 Å². The summed E-state index contributed by atoms with van der Waals surface area (Å²) in [6.45, 7) is 6.89. The quantitative estimate of drug-likeness (QED) is 0.638. The van der Waals surface area contributed by atoms with E-state index in [1.165, 1.54) is 5.69 Å². The van der Waals surface area contributed by atoms with Gasteiger partial charge in [-0.1, -0.05) is 30.7 Å². The average molecular weight is 400 g/mol. The average Bonchev–Trinajstić information content (AvgIpc) is 3.05. The number of fused-ring (bicyclic) bond motifs is 1. The Hall–Kier alpha value is -2.31. The van der Waals surface area contributed by atoms with Crippen LogP contribution in [0.5, 0.6) is 0 Å². The number of rotatable bonds is 6. The highest BCUT2D eigenvalue weighted by Gasteiger charge is 2.23. The molecule has 3 heterocycles. The molecule has 1 unspecified atom stereocenters. The lowest BCUT2D eigenvalue weighted by Crippen LogP contribution is -2.50. The standard InChI is InChI=1S/C21H26ClN5O/c1-2-18(9-11-27-21(28)26-10-4-3-8-20(26)23-27)24-12-14-25(15-13-24)19-7-5-6-17(22)16-19/h3-8,10,16,18H,2,9,11-15H2,1H3. The van der Waals surface area contributed by atoms with Gasteiger partial charge in [0.1, 0.15) is 0 Å². The maximum atomic E-state index is 12.5. The van der Waals surface area contributed by atoms with Gasteiger partial charge in [0.2, 0.25) is 0 Å². The molecule has 148 valence electrons. The fourth-order valence-corrected chi connectivity index (χ4v) is 4.23. The summed E-state index contributed by atoms with van der Waals surface area (Å²) in [6, 6.07) is 14.2. The third kappa shape index (κ3) is 3.93. The maximum Gasteiger partial charge on any atom is 0.350 e. The Kier molecular flexibility index (Phi) is 5.69. The lowest BCUT2D eigenvalue weighted by molar-refractivity contribution is 0.165. The second kappa shape index (κ2) is 8.37. The summed E-state index contributed by atoms with van der Waals surface area (Å²) in [5.41, 5.74) is 1.84. The summed E-state index contributed by atoms with van der Waals surface area (Å²) < 4.78 is 3.20. The zero-order valence-corrected chi connectivity index (χ0v) is 16.9. The number of hydrogen-bond acceptors (Lipinski definition) is 4. The second-order valence-corrected chi connectivity index (χ2v) is 7.72. The van der Waals surface area contributed by atoms with Gasteiger partial charge in [0.05, 0.1) is 0 Å². The second-order valence-electron chi connectivity index (χ2n) is 7.29. The number of nitrogens with zero attached hydrogens (tertiary/aromatic N) is 5. The Morgan fingerprint density at radius 1 is 1.11 bits per heavy atom. The largest absolute Gasteiger partial charge is 0.369 e. The number of hydrogen-bond donors (Lipinski definition) is 0. The third-order valence-electron chi connectivity index (χ3n) is 5.64. The first kappa shape index (κ1) is 19.0. The van der Waals surface area contributed by atoms with E-state index in [2.05, 4.69) is 27.9 Å². The normalized spacial score (nSPS) is 16.6. The summed E-state index contributed by atoms with van der Waals surface area (Å²) in [5.74, 6) is 0. The lowest BCUT2D eigenvalue weighted by atomic mass is 10.1. The van der Waals surface area contributed by atoms with E-state index in [-0.39, 0.29) is 5.69 Å². The molecule has 1 aliphatic rings. The Morgan fingerprint density at radius 3 is 2.64 bits per heavy atom. The van der Waals surface area contributed by atoms with Gasteiger partial charge in [0, 0.05) is 55.7 Å². The smallest absolute Gasteiger partial charge is 0.350 e. The molecule has 1 atom stereocenters. The number of piperazine rings is 1. The molecule has 6 nitrogen and oxygen atoms in total. The zero-order chi connectivity index (χ0) is 19.5. The molecule has 0 amide bonds. The first-order valence-corrected chi connectivity index (χ1v) is 10.3. The molecule has 0 bridgehead atoms. The molecule has 1 fully saturated rings. The Balaban J connectivity index is 1.37. The minimum absolute atomic E-state index is 0.0590. The summed E-state index contributed by atoms with van der Waals surface area (Å²) in [6.07, 6.45) is 3.77. The predicted molar refractivity (Wildman–Crippen MR) is 113 cm³/mol. The monoisotopic (exact) mass is 399 g/mol. The Labute approximate surface area is 169 Å². The van der Waals surface area contributed by atoms with E-state index < -0.39 is 0 Å².